The van der Waals surface area contributed by atoms with Crippen LogP contribution in [0.15, 0.2) is 54.6 Å². The molecule has 220 valence electrons. The van der Waals surface area contributed by atoms with Crippen LogP contribution in [0.3, 0.4) is 0 Å². The van der Waals surface area contributed by atoms with E-state index >= 15 is 0 Å². The highest BCUT2D eigenvalue weighted by molar-refractivity contribution is 5.86. The van der Waals surface area contributed by atoms with Crippen LogP contribution in [0.1, 0.15) is 83.6 Å². The van der Waals surface area contributed by atoms with Crippen molar-refractivity contribution in [3.05, 3.63) is 60.2 Å². The summed E-state index contributed by atoms with van der Waals surface area (Å²) in [5.74, 6) is 2.33. The Bertz CT molecular complexity index is 1220. The van der Waals surface area contributed by atoms with E-state index in [1.54, 1.807) is 0 Å². The molecule has 4 fully saturated rings. The molecule has 0 heterocycles. The lowest BCUT2D eigenvalue weighted by molar-refractivity contribution is -0.158. The van der Waals surface area contributed by atoms with Crippen LogP contribution in [-0.4, -0.2) is 29.6 Å². The normalized spacial score (nSPS) is 39.4. The maximum absolute atomic E-state index is 13.7. The van der Waals surface area contributed by atoms with E-state index in [1.807, 2.05) is 6.07 Å². The van der Waals surface area contributed by atoms with Gasteiger partial charge in [0.2, 0.25) is 5.91 Å². The third-order valence-electron chi connectivity index (χ3n) is 12.5. The van der Waals surface area contributed by atoms with E-state index in [1.165, 1.54) is 5.56 Å². The molecule has 5 heteroatoms. The van der Waals surface area contributed by atoms with Gasteiger partial charge in [-0.05, 0) is 85.0 Å². The molecule has 0 saturated heterocycles. The molecule has 10 atom stereocenters. The summed E-state index contributed by atoms with van der Waals surface area (Å²) in [5.41, 5.74) is 8.24. The van der Waals surface area contributed by atoms with Crippen LogP contribution in [0, 0.1) is 46.3 Å². The van der Waals surface area contributed by atoms with Gasteiger partial charge in [0.1, 0.15) is 11.6 Å². The molecule has 0 spiro atoms. The second-order valence-electron chi connectivity index (χ2n) is 14.5. The van der Waals surface area contributed by atoms with Crippen molar-refractivity contribution in [3.63, 3.8) is 0 Å². The van der Waals surface area contributed by atoms with Gasteiger partial charge in [0, 0.05) is 49.6 Å². The van der Waals surface area contributed by atoms with Crippen LogP contribution in [-0.2, 0) is 20.8 Å². The van der Waals surface area contributed by atoms with Crippen LogP contribution in [0.25, 0.3) is 0 Å². The number of allylic oxidation sites excluding steroid dienone is 3. The maximum Gasteiger partial charge on any atom is 0.221 e. The van der Waals surface area contributed by atoms with E-state index in [4.69, 9.17) is 5.73 Å². The number of hydrogen-bond acceptors (Lipinski definition) is 4. The fourth-order valence-corrected chi connectivity index (χ4v) is 10.2. The Balaban J connectivity index is 1.13. The standard InChI is InChI=1S/C36H48N2O3/c1-35-17-15-26(39)20-25(35)21-32(40)34-28-14-13-27(36(28,2)18-16-29(34)35)30(37)22-33(41)38-31(24-11-7-4-8-12-24)19-23-9-5-3-6-10-23/h3-11,24-25,27-31,34H,12-22,37H2,1-2H3,(H,38,41)/t24?,25-,27+,28-,29-,30+,31?,34-,35-,36+/m0/s1. The Labute approximate surface area is 245 Å². The number of nitrogens with one attached hydrogen (secondary N) is 1. The molecule has 41 heavy (non-hydrogen) atoms. The van der Waals surface area contributed by atoms with Gasteiger partial charge < -0.3 is 11.1 Å². The molecule has 5 nitrogen and oxygen atoms in total. The van der Waals surface area contributed by atoms with Crippen molar-refractivity contribution in [1.82, 2.24) is 5.32 Å². The quantitative estimate of drug-likeness (QED) is 0.433. The SMILES string of the molecule is C[C@]12CCC(=O)C[C@H]1CC(=O)[C@@H]1[C@@H]2CC[C@]2(C)[C@@H]([C@H](N)CC(=O)NC(Cc3ccccc3)C3C=CC=CC3)CC[C@@H]12. The van der Waals surface area contributed by atoms with Crippen molar-refractivity contribution in [1.29, 1.82) is 0 Å². The summed E-state index contributed by atoms with van der Waals surface area (Å²) in [5, 5.41) is 3.38. The van der Waals surface area contributed by atoms with Gasteiger partial charge in [0.25, 0.3) is 0 Å². The predicted octanol–water partition coefficient (Wildman–Crippen LogP) is 5.97. The van der Waals surface area contributed by atoms with Crippen LogP contribution in [0.4, 0.5) is 0 Å². The zero-order chi connectivity index (χ0) is 28.8. The molecule has 4 saturated carbocycles. The van der Waals surface area contributed by atoms with Crippen LogP contribution < -0.4 is 11.1 Å². The third kappa shape index (κ3) is 5.28. The fraction of sp³-hybridized carbons (Fsp3) is 0.639. The zero-order valence-corrected chi connectivity index (χ0v) is 24.9. The number of Topliss-reactive ketones (excluding diaryl/α,β-unsaturated/α-hetero) is 2. The Morgan fingerprint density at radius 3 is 2.54 bits per heavy atom. The van der Waals surface area contributed by atoms with Gasteiger partial charge >= 0.3 is 0 Å². The summed E-state index contributed by atoms with van der Waals surface area (Å²) in [6, 6.07) is 10.2. The van der Waals surface area contributed by atoms with E-state index in [0.717, 1.165) is 44.9 Å². The van der Waals surface area contributed by atoms with Crippen LogP contribution in [0.5, 0.6) is 0 Å². The maximum atomic E-state index is 13.7. The monoisotopic (exact) mass is 556 g/mol. The molecule has 0 radical (unpaired) electrons. The number of ketones is 2. The Morgan fingerprint density at radius 1 is 1.00 bits per heavy atom. The molecule has 0 aliphatic heterocycles. The van der Waals surface area contributed by atoms with E-state index in [-0.39, 0.29) is 52.5 Å². The number of carbonyl (C=O) groups is 3. The summed E-state index contributed by atoms with van der Waals surface area (Å²) >= 11 is 0. The van der Waals surface area contributed by atoms with Gasteiger partial charge in [-0.2, -0.15) is 0 Å². The summed E-state index contributed by atoms with van der Waals surface area (Å²) in [6.07, 6.45) is 17.5. The molecule has 1 amide bonds. The molecule has 5 aliphatic carbocycles. The number of carbonyl (C=O) groups excluding carboxylic acids is 3. The van der Waals surface area contributed by atoms with Gasteiger partial charge in [0.05, 0.1) is 0 Å². The Kier molecular flexibility index (Phi) is 7.86. The first-order valence-corrected chi connectivity index (χ1v) is 16.2. The third-order valence-corrected chi connectivity index (χ3v) is 12.5. The number of rotatable bonds is 7. The topological polar surface area (TPSA) is 89.3 Å². The van der Waals surface area contributed by atoms with Crippen molar-refractivity contribution in [2.45, 2.75) is 96.6 Å². The average Bonchev–Trinajstić information content (AvgIpc) is 3.32. The molecule has 3 N–H and O–H groups in total. The number of amides is 1. The van der Waals surface area contributed by atoms with Crippen molar-refractivity contribution in [2.75, 3.05) is 0 Å². The van der Waals surface area contributed by atoms with Crippen molar-refractivity contribution < 1.29 is 14.4 Å². The first-order chi connectivity index (χ1) is 19.7. The van der Waals surface area contributed by atoms with Crippen molar-refractivity contribution in [3.8, 4) is 0 Å². The van der Waals surface area contributed by atoms with Gasteiger partial charge in [-0.3, -0.25) is 14.4 Å². The summed E-state index contributed by atoms with van der Waals surface area (Å²) in [6.45, 7) is 4.75. The zero-order valence-electron chi connectivity index (χ0n) is 24.9. The summed E-state index contributed by atoms with van der Waals surface area (Å²) < 4.78 is 0. The second kappa shape index (κ2) is 11.3. The molecule has 1 aromatic rings. The smallest absolute Gasteiger partial charge is 0.221 e. The lowest BCUT2D eigenvalue weighted by Gasteiger charge is -2.59. The molecule has 1 aromatic carbocycles. The number of nitrogens with two attached hydrogens (primary N) is 1. The highest BCUT2D eigenvalue weighted by atomic mass is 16.2. The lowest BCUT2D eigenvalue weighted by atomic mass is 9.44. The van der Waals surface area contributed by atoms with Crippen molar-refractivity contribution in [2.24, 2.45) is 52.1 Å². The molecule has 5 aliphatic rings. The van der Waals surface area contributed by atoms with Crippen molar-refractivity contribution >= 4 is 17.5 Å². The lowest BCUT2D eigenvalue weighted by Crippen LogP contribution is -2.57. The Morgan fingerprint density at radius 2 is 1.78 bits per heavy atom. The summed E-state index contributed by atoms with van der Waals surface area (Å²) in [7, 11) is 0. The highest BCUT2D eigenvalue weighted by Crippen LogP contribution is 2.66. The van der Waals surface area contributed by atoms with Gasteiger partial charge in [-0.15, -0.1) is 0 Å². The fourth-order valence-electron chi connectivity index (χ4n) is 10.2. The molecule has 2 unspecified atom stereocenters. The largest absolute Gasteiger partial charge is 0.352 e. The molecule has 0 bridgehead atoms. The van der Waals surface area contributed by atoms with E-state index < -0.39 is 0 Å². The minimum Gasteiger partial charge on any atom is -0.352 e. The Hall–Kier alpha value is -2.53. The second-order valence-corrected chi connectivity index (χ2v) is 14.5. The average molecular weight is 557 g/mol. The van der Waals surface area contributed by atoms with Gasteiger partial charge in [0.15, 0.2) is 0 Å². The summed E-state index contributed by atoms with van der Waals surface area (Å²) in [4.78, 5) is 39.4. The molecular weight excluding hydrogens is 508 g/mol. The van der Waals surface area contributed by atoms with Crippen LogP contribution >= 0.6 is 0 Å². The highest BCUT2D eigenvalue weighted by Gasteiger charge is 2.63. The minimum absolute atomic E-state index is 0.00938. The predicted molar refractivity (Wildman–Crippen MR) is 162 cm³/mol. The van der Waals surface area contributed by atoms with Crippen LogP contribution in [0.2, 0.25) is 0 Å². The van der Waals surface area contributed by atoms with Gasteiger partial charge in [-0.25, -0.2) is 0 Å². The molecule has 6 rings (SSSR count). The van der Waals surface area contributed by atoms with E-state index in [0.29, 0.717) is 49.1 Å². The van der Waals surface area contributed by atoms with E-state index in [2.05, 4.69) is 67.7 Å². The number of fused-ring (bicyclic) bond motifs is 5. The number of hydrogen-bond donors (Lipinski definition) is 2. The number of benzene rings is 1. The van der Waals surface area contributed by atoms with Gasteiger partial charge in [-0.1, -0.05) is 68.5 Å². The molecule has 0 aromatic heterocycles. The van der Waals surface area contributed by atoms with E-state index in [9.17, 15) is 14.4 Å². The minimum atomic E-state index is -0.213. The first kappa shape index (κ1) is 28.6. The molecular formula is C36H48N2O3. The first-order valence-electron chi connectivity index (χ1n) is 16.2.